The number of likely N-dealkylation sites (N-methyl/N-ethyl adjacent to an activating group) is 1. The Labute approximate surface area is 127 Å². The first kappa shape index (κ1) is 15.4. The maximum Gasteiger partial charge on any atom is 0.252 e. The van der Waals surface area contributed by atoms with Gasteiger partial charge in [0.25, 0.3) is 10.0 Å². The summed E-state index contributed by atoms with van der Waals surface area (Å²) >= 11 is 4.70. The van der Waals surface area contributed by atoms with Gasteiger partial charge in [-0.3, -0.25) is 0 Å². The number of hydrogen-bond acceptors (Lipinski definition) is 4. The quantitative estimate of drug-likeness (QED) is 0.890. The molecule has 0 spiro atoms. The summed E-state index contributed by atoms with van der Waals surface area (Å²) in [6.07, 6.45) is 2.99. The molecule has 7 heteroatoms. The Bertz CT molecular complexity index is 520. The first-order valence-corrected chi connectivity index (χ1v) is 9.44. The lowest BCUT2D eigenvalue weighted by Gasteiger charge is -2.34. The van der Waals surface area contributed by atoms with Crippen molar-refractivity contribution in [2.24, 2.45) is 0 Å². The van der Waals surface area contributed by atoms with Crippen LogP contribution in [0, 0.1) is 6.92 Å². The van der Waals surface area contributed by atoms with Gasteiger partial charge < -0.3 is 5.32 Å². The Hall–Kier alpha value is 0.0500. The molecule has 1 aromatic rings. The van der Waals surface area contributed by atoms with E-state index in [1.54, 1.807) is 10.4 Å². The monoisotopic (exact) mass is 366 g/mol. The average molecular weight is 367 g/mol. The molecule has 1 N–H and O–H groups in total. The lowest BCUT2D eigenvalue weighted by molar-refractivity contribution is 0.249. The third-order valence-electron chi connectivity index (χ3n) is 3.41. The largest absolute Gasteiger partial charge is 0.318 e. The third-order valence-corrected chi connectivity index (χ3v) is 7.95. The van der Waals surface area contributed by atoms with Crippen molar-refractivity contribution in [2.75, 3.05) is 20.1 Å². The van der Waals surface area contributed by atoms with Gasteiger partial charge in [0, 0.05) is 19.1 Å². The van der Waals surface area contributed by atoms with Crippen LogP contribution in [0.15, 0.2) is 14.1 Å². The second-order valence-corrected chi connectivity index (χ2v) is 9.33. The van der Waals surface area contributed by atoms with Gasteiger partial charge in [-0.15, -0.1) is 11.3 Å². The van der Waals surface area contributed by atoms with Crippen molar-refractivity contribution in [2.45, 2.75) is 36.4 Å². The van der Waals surface area contributed by atoms with E-state index in [0.29, 0.717) is 17.3 Å². The lowest BCUT2D eigenvalue weighted by atomic mass is 10.1. The summed E-state index contributed by atoms with van der Waals surface area (Å²) in [4.78, 5) is 0. The summed E-state index contributed by atoms with van der Waals surface area (Å²) in [7, 11) is -1.49. The van der Waals surface area contributed by atoms with E-state index >= 15 is 0 Å². The number of aryl methyl sites for hydroxylation is 1. The van der Waals surface area contributed by atoms with E-state index < -0.39 is 10.0 Å². The van der Waals surface area contributed by atoms with Gasteiger partial charge in [0.2, 0.25) is 0 Å². The maximum absolute atomic E-state index is 12.7. The predicted molar refractivity (Wildman–Crippen MR) is 82.2 cm³/mol. The Morgan fingerprint density at radius 3 is 2.84 bits per heavy atom. The Morgan fingerprint density at radius 1 is 1.53 bits per heavy atom. The molecule has 0 aromatic carbocycles. The van der Waals surface area contributed by atoms with Gasteiger partial charge in [0.1, 0.15) is 4.21 Å². The smallest absolute Gasteiger partial charge is 0.252 e. The van der Waals surface area contributed by atoms with Crippen molar-refractivity contribution >= 4 is 37.3 Å². The zero-order valence-electron chi connectivity index (χ0n) is 11.1. The first-order chi connectivity index (χ1) is 8.96. The van der Waals surface area contributed by atoms with Gasteiger partial charge in [-0.25, -0.2) is 8.42 Å². The summed E-state index contributed by atoms with van der Waals surface area (Å²) in [6.45, 7) is 3.26. The first-order valence-electron chi connectivity index (χ1n) is 6.39. The summed E-state index contributed by atoms with van der Waals surface area (Å²) in [6, 6.07) is 1.83. The van der Waals surface area contributed by atoms with Crippen LogP contribution in [0.25, 0.3) is 0 Å². The van der Waals surface area contributed by atoms with Crippen LogP contribution in [0.5, 0.6) is 0 Å². The van der Waals surface area contributed by atoms with Crippen LogP contribution in [0.3, 0.4) is 0 Å². The number of thiophene rings is 1. The van der Waals surface area contributed by atoms with E-state index in [2.05, 4.69) is 21.2 Å². The van der Waals surface area contributed by atoms with E-state index in [0.717, 1.165) is 28.6 Å². The summed E-state index contributed by atoms with van der Waals surface area (Å²) in [5.41, 5.74) is 0.978. The fourth-order valence-electron chi connectivity index (χ4n) is 2.40. The molecule has 1 aliphatic rings. The van der Waals surface area contributed by atoms with Crippen molar-refractivity contribution in [1.82, 2.24) is 9.62 Å². The second kappa shape index (κ2) is 6.22. The molecule has 1 unspecified atom stereocenters. The number of rotatable bonds is 4. The highest BCUT2D eigenvalue weighted by atomic mass is 79.9. The molecule has 1 saturated heterocycles. The zero-order valence-corrected chi connectivity index (χ0v) is 14.4. The topological polar surface area (TPSA) is 49.4 Å². The highest BCUT2D eigenvalue weighted by Gasteiger charge is 2.34. The number of nitrogens with zero attached hydrogens (tertiary/aromatic N) is 1. The Morgan fingerprint density at radius 2 is 2.26 bits per heavy atom. The fourth-order valence-corrected chi connectivity index (χ4v) is 6.45. The summed E-state index contributed by atoms with van der Waals surface area (Å²) in [5.74, 6) is 0. The van der Waals surface area contributed by atoms with Gasteiger partial charge in [-0.2, -0.15) is 4.31 Å². The molecule has 108 valence electrons. The van der Waals surface area contributed by atoms with Crippen molar-refractivity contribution < 1.29 is 8.42 Å². The van der Waals surface area contributed by atoms with Gasteiger partial charge in [-0.1, -0.05) is 6.42 Å². The van der Waals surface area contributed by atoms with Gasteiger partial charge >= 0.3 is 0 Å². The molecule has 1 aliphatic heterocycles. The number of sulfonamides is 1. The van der Waals surface area contributed by atoms with Gasteiger partial charge in [0.05, 0.1) is 3.79 Å². The molecule has 0 bridgehead atoms. The standard InChI is InChI=1S/C12H19BrN2O2S2/c1-9-7-11(18-12(9)13)19(16,17)15-6-4-3-5-10(15)8-14-2/h7,10,14H,3-6,8H2,1-2H3. The molecular weight excluding hydrogens is 348 g/mol. The summed E-state index contributed by atoms with van der Waals surface area (Å²) in [5, 5.41) is 3.10. The average Bonchev–Trinajstić information content (AvgIpc) is 2.71. The molecule has 0 amide bonds. The van der Waals surface area contributed by atoms with Crippen LogP contribution < -0.4 is 5.32 Å². The molecule has 0 aliphatic carbocycles. The molecular formula is C12H19BrN2O2S2. The fraction of sp³-hybridized carbons (Fsp3) is 0.667. The van der Waals surface area contributed by atoms with E-state index in [1.165, 1.54) is 11.3 Å². The predicted octanol–water partition coefficient (Wildman–Crippen LogP) is 2.58. The van der Waals surface area contributed by atoms with Crippen molar-refractivity contribution in [3.8, 4) is 0 Å². The molecule has 2 rings (SSSR count). The van der Waals surface area contributed by atoms with Crippen LogP contribution in [0.4, 0.5) is 0 Å². The third kappa shape index (κ3) is 3.21. The molecule has 0 radical (unpaired) electrons. The van der Waals surface area contributed by atoms with Crippen LogP contribution in [-0.4, -0.2) is 38.9 Å². The normalized spacial score (nSPS) is 21.7. The number of halogens is 1. The molecule has 1 aromatic heterocycles. The SMILES string of the molecule is CNCC1CCCCN1S(=O)(=O)c1cc(C)c(Br)s1. The minimum Gasteiger partial charge on any atom is -0.318 e. The number of nitrogens with one attached hydrogen (secondary N) is 1. The minimum atomic E-state index is -3.35. The highest BCUT2D eigenvalue weighted by Crippen LogP contribution is 2.34. The Kier molecular flexibility index (Phi) is 5.05. The van der Waals surface area contributed by atoms with Crippen LogP contribution >= 0.6 is 27.3 Å². The maximum atomic E-state index is 12.7. The van der Waals surface area contributed by atoms with Crippen LogP contribution in [0.1, 0.15) is 24.8 Å². The van der Waals surface area contributed by atoms with Gasteiger partial charge in [0.15, 0.2) is 0 Å². The van der Waals surface area contributed by atoms with Crippen molar-refractivity contribution in [3.63, 3.8) is 0 Å². The number of hydrogen-bond donors (Lipinski definition) is 1. The van der Waals surface area contributed by atoms with Crippen LogP contribution in [-0.2, 0) is 10.0 Å². The van der Waals surface area contributed by atoms with E-state index in [-0.39, 0.29) is 6.04 Å². The van der Waals surface area contributed by atoms with Crippen molar-refractivity contribution in [1.29, 1.82) is 0 Å². The molecule has 1 fully saturated rings. The lowest BCUT2D eigenvalue weighted by Crippen LogP contribution is -2.47. The highest BCUT2D eigenvalue weighted by molar-refractivity contribution is 9.11. The zero-order chi connectivity index (χ0) is 14.0. The molecule has 4 nitrogen and oxygen atoms in total. The van der Waals surface area contributed by atoms with E-state index in [1.807, 2.05) is 14.0 Å². The van der Waals surface area contributed by atoms with E-state index in [9.17, 15) is 8.42 Å². The molecule has 19 heavy (non-hydrogen) atoms. The van der Waals surface area contributed by atoms with Crippen LogP contribution in [0.2, 0.25) is 0 Å². The second-order valence-electron chi connectivity index (χ2n) is 4.85. The number of piperidine rings is 1. The Balaban J connectivity index is 2.31. The molecule has 1 atom stereocenters. The van der Waals surface area contributed by atoms with Crippen molar-refractivity contribution in [3.05, 3.63) is 15.4 Å². The van der Waals surface area contributed by atoms with E-state index in [4.69, 9.17) is 0 Å². The summed E-state index contributed by atoms with van der Waals surface area (Å²) < 4.78 is 28.5. The molecule has 0 saturated carbocycles. The minimum absolute atomic E-state index is 0.0740. The molecule has 2 heterocycles. The van der Waals surface area contributed by atoms with Gasteiger partial charge in [-0.05, 0) is 54.4 Å².